The standard InChI is InChI=1S/C50H80N6O11/c1-11-41-50(8,64)44(60)35(6)53(9)28-31(2)27-49(7,63)45(33(4)42(58)34(5)47(62)66-41)67-48-43(59)39(26-32(3)65-48)54(10)29-36-19-21-37(22-20-36)38-30-56(52-51-38)25-16-14-12-13-15-23-55-24-17-18-40(57)46(55)61/h17-22,24,30-35,39,41-45,48,57-60,63-64H,11-16,23,25-29H2,1-10H3/t31-,32-,33+,34-,35-,39+,41-,42+,43-,44-,45-,48+,49-,50-/m1/s1. The normalized spacial score (nSPS) is 34.1. The summed E-state index contributed by atoms with van der Waals surface area (Å²) in [4.78, 5) is 29.6. The fraction of sp³-hybridized carbons (Fsp3) is 0.720. The fourth-order valence-corrected chi connectivity index (χ4v) is 10.2. The number of carbonyl (C=O) groups is 1. The highest BCUT2D eigenvalue weighted by Crippen LogP contribution is 2.37. The second-order valence-electron chi connectivity index (χ2n) is 20.3. The first-order valence-corrected chi connectivity index (χ1v) is 24.3. The zero-order valence-electron chi connectivity index (χ0n) is 41.4. The number of aromatic nitrogens is 4. The van der Waals surface area contributed by atoms with Crippen LogP contribution in [0.25, 0.3) is 11.3 Å². The van der Waals surface area contributed by atoms with Gasteiger partial charge in [0.1, 0.15) is 29.6 Å². The number of esters is 1. The van der Waals surface area contributed by atoms with Crippen LogP contribution in [0.2, 0.25) is 0 Å². The van der Waals surface area contributed by atoms with Gasteiger partial charge in [-0.25, -0.2) is 0 Å². The van der Waals surface area contributed by atoms with Gasteiger partial charge in [-0.1, -0.05) is 69.5 Å². The van der Waals surface area contributed by atoms with Gasteiger partial charge in [-0.3, -0.25) is 19.2 Å². The molecule has 5 rings (SSSR count). The van der Waals surface area contributed by atoms with E-state index in [2.05, 4.69) is 15.2 Å². The van der Waals surface area contributed by atoms with Crippen LogP contribution >= 0.6 is 0 Å². The van der Waals surface area contributed by atoms with Crippen molar-refractivity contribution in [1.82, 2.24) is 29.4 Å². The Bertz CT molecular complexity index is 2060. The Labute approximate surface area is 396 Å². The molecule has 2 aromatic heterocycles. The fourth-order valence-electron chi connectivity index (χ4n) is 10.2. The molecule has 2 aliphatic rings. The molecule has 6 N–H and O–H groups in total. The highest BCUT2D eigenvalue weighted by molar-refractivity contribution is 5.73. The summed E-state index contributed by atoms with van der Waals surface area (Å²) in [6.45, 7) is 16.0. The van der Waals surface area contributed by atoms with Crippen molar-refractivity contribution < 1.29 is 49.6 Å². The van der Waals surface area contributed by atoms with Gasteiger partial charge in [0.25, 0.3) is 5.56 Å². The minimum Gasteiger partial charge on any atom is -0.503 e. The molecule has 17 nitrogen and oxygen atoms in total. The van der Waals surface area contributed by atoms with Crippen LogP contribution in [0.1, 0.15) is 112 Å². The molecule has 67 heavy (non-hydrogen) atoms. The van der Waals surface area contributed by atoms with E-state index in [-0.39, 0.29) is 36.2 Å². The maximum absolute atomic E-state index is 13.6. The molecular formula is C50H80N6O11. The molecule has 1 aromatic carbocycles. The summed E-state index contributed by atoms with van der Waals surface area (Å²) in [6.07, 6.45) is 2.01. The van der Waals surface area contributed by atoms with Crippen LogP contribution in [0.5, 0.6) is 5.75 Å². The second-order valence-corrected chi connectivity index (χ2v) is 20.3. The van der Waals surface area contributed by atoms with Gasteiger partial charge in [0.05, 0.1) is 36.0 Å². The molecule has 14 atom stereocenters. The number of ether oxygens (including phenoxy) is 3. The summed E-state index contributed by atoms with van der Waals surface area (Å²) in [5.41, 5.74) is -1.00. The summed E-state index contributed by atoms with van der Waals surface area (Å²) >= 11 is 0. The Kier molecular flexibility index (Phi) is 19.1. The molecule has 0 saturated carbocycles. The number of aromatic hydroxyl groups is 1. The number of hydrogen-bond acceptors (Lipinski definition) is 15. The number of nitrogens with zero attached hydrogens (tertiary/aromatic N) is 6. The Balaban J connectivity index is 1.21. The lowest BCUT2D eigenvalue weighted by Crippen LogP contribution is -2.59. The van der Waals surface area contributed by atoms with Crippen LogP contribution in [0.3, 0.4) is 0 Å². The number of aliphatic hydroxyl groups is 5. The third-order valence-corrected chi connectivity index (χ3v) is 14.4. The first-order chi connectivity index (χ1) is 31.5. The van der Waals surface area contributed by atoms with Crippen molar-refractivity contribution in [2.24, 2.45) is 17.8 Å². The maximum atomic E-state index is 13.6. The molecule has 0 spiro atoms. The molecule has 3 aromatic rings. The van der Waals surface area contributed by atoms with Crippen LogP contribution in [-0.4, -0.2) is 153 Å². The predicted octanol–water partition coefficient (Wildman–Crippen LogP) is 4.32. The monoisotopic (exact) mass is 941 g/mol. The average Bonchev–Trinajstić information content (AvgIpc) is 3.76. The van der Waals surface area contributed by atoms with Gasteiger partial charge < -0.3 is 54.3 Å². The Morgan fingerprint density at radius 2 is 1.58 bits per heavy atom. The summed E-state index contributed by atoms with van der Waals surface area (Å²) in [5.74, 6) is -3.09. The SMILES string of the molecule is CC[C@H]1OC(=O)[C@H](C)[C@@H](O)[C@H](C)[C@@H](O[C@@H]2O[C@H](C)C[C@H](N(C)Cc3ccc(-c4cn(CCCCCCCn5cccc(O)c5=O)nn4)cc3)[C@H]2O)[C@](C)(O)C[C@@H](C)CN(C)[C@H](C)[C@@H](O)[C@]1(C)O. The van der Waals surface area contributed by atoms with Crippen molar-refractivity contribution >= 4 is 5.97 Å². The zero-order chi connectivity index (χ0) is 49.4. The third-order valence-electron chi connectivity index (χ3n) is 14.4. The average molecular weight is 941 g/mol. The molecule has 4 heterocycles. The van der Waals surface area contributed by atoms with Gasteiger partial charge >= 0.3 is 5.97 Å². The molecule has 0 aliphatic carbocycles. The van der Waals surface area contributed by atoms with E-state index in [1.165, 1.54) is 19.9 Å². The first kappa shape index (κ1) is 54.2. The number of cyclic esters (lactones) is 1. The molecule has 2 saturated heterocycles. The minimum absolute atomic E-state index is 0.155. The largest absolute Gasteiger partial charge is 0.503 e. The molecule has 2 aliphatic heterocycles. The topological polar surface area (TPSA) is 225 Å². The molecule has 376 valence electrons. The molecule has 2 fully saturated rings. The first-order valence-electron chi connectivity index (χ1n) is 24.3. The van der Waals surface area contributed by atoms with Gasteiger partial charge in [-0.05, 0) is 104 Å². The third kappa shape index (κ3) is 13.7. The van der Waals surface area contributed by atoms with Crippen molar-refractivity contribution in [1.29, 1.82) is 0 Å². The van der Waals surface area contributed by atoms with Gasteiger partial charge in [0.2, 0.25) is 0 Å². The number of rotatable bonds is 15. The van der Waals surface area contributed by atoms with Crippen molar-refractivity contribution in [2.75, 3.05) is 20.6 Å². The number of carbonyl (C=O) groups excluding carboxylic acids is 1. The van der Waals surface area contributed by atoms with Crippen molar-refractivity contribution in [3.05, 3.63) is 64.7 Å². The van der Waals surface area contributed by atoms with Crippen molar-refractivity contribution in [2.45, 2.75) is 193 Å². The second kappa shape index (κ2) is 23.7. The van der Waals surface area contributed by atoms with E-state index in [0.29, 0.717) is 26.1 Å². The number of unbranched alkanes of at least 4 members (excludes halogenated alkanes) is 4. The minimum atomic E-state index is -1.79. The number of likely N-dealkylation sites (N-methyl/N-ethyl adjacent to an activating group) is 2. The van der Waals surface area contributed by atoms with Crippen LogP contribution in [0.15, 0.2) is 53.6 Å². The lowest BCUT2D eigenvalue weighted by Gasteiger charge is -2.47. The Hall–Kier alpha value is -3.78. The van der Waals surface area contributed by atoms with Crippen molar-refractivity contribution in [3.63, 3.8) is 0 Å². The Morgan fingerprint density at radius 1 is 0.925 bits per heavy atom. The molecule has 0 radical (unpaired) electrons. The smallest absolute Gasteiger partial charge is 0.311 e. The molecule has 0 amide bonds. The summed E-state index contributed by atoms with van der Waals surface area (Å²) in [6, 6.07) is 10.2. The summed E-state index contributed by atoms with van der Waals surface area (Å²) < 4.78 is 22.1. The van der Waals surface area contributed by atoms with Gasteiger partial charge in [-0.15, -0.1) is 5.10 Å². The zero-order valence-corrected chi connectivity index (χ0v) is 41.4. The van der Waals surface area contributed by atoms with E-state index < -0.39 is 77.9 Å². The summed E-state index contributed by atoms with van der Waals surface area (Å²) in [7, 11) is 3.77. The van der Waals surface area contributed by atoms with Gasteiger partial charge in [0.15, 0.2) is 12.0 Å². The number of benzene rings is 1. The molecule has 0 unspecified atom stereocenters. The van der Waals surface area contributed by atoms with Crippen LogP contribution < -0.4 is 5.56 Å². The van der Waals surface area contributed by atoms with E-state index in [9.17, 15) is 40.2 Å². The van der Waals surface area contributed by atoms with Crippen LogP contribution in [0, 0.1) is 17.8 Å². The predicted molar refractivity (Wildman–Crippen MR) is 254 cm³/mol. The van der Waals surface area contributed by atoms with E-state index in [0.717, 1.165) is 55.5 Å². The van der Waals surface area contributed by atoms with Gasteiger partial charge in [-0.2, -0.15) is 0 Å². The van der Waals surface area contributed by atoms with Crippen molar-refractivity contribution in [3.8, 4) is 17.0 Å². The quantitative estimate of drug-likeness (QED) is 0.0922. The lowest BCUT2D eigenvalue weighted by atomic mass is 9.78. The van der Waals surface area contributed by atoms with Crippen LogP contribution in [0.4, 0.5) is 0 Å². The lowest BCUT2D eigenvalue weighted by molar-refractivity contribution is -0.300. The summed E-state index contributed by atoms with van der Waals surface area (Å²) in [5, 5.41) is 77.3. The highest BCUT2D eigenvalue weighted by Gasteiger charge is 2.50. The van der Waals surface area contributed by atoms with E-state index in [1.54, 1.807) is 44.5 Å². The van der Waals surface area contributed by atoms with E-state index in [4.69, 9.17) is 14.2 Å². The van der Waals surface area contributed by atoms with E-state index in [1.807, 2.05) is 68.0 Å². The van der Waals surface area contributed by atoms with E-state index >= 15 is 0 Å². The highest BCUT2D eigenvalue weighted by atomic mass is 16.7. The maximum Gasteiger partial charge on any atom is 0.311 e. The number of aliphatic hydroxyl groups excluding tert-OH is 3. The number of hydrogen-bond donors (Lipinski definition) is 6. The molecular weight excluding hydrogens is 861 g/mol. The van der Waals surface area contributed by atoms with Crippen LogP contribution in [-0.2, 0) is 38.6 Å². The Morgan fingerprint density at radius 3 is 2.25 bits per heavy atom. The molecule has 17 heteroatoms. The number of pyridine rings is 1. The van der Waals surface area contributed by atoms with Gasteiger partial charge in [0, 0.05) is 55.9 Å². The number of aryl methyl sites for hydroxylation is 2. The molecule has 0 bridgehead atoms.